The van der Waals surface area contributed by atoms with E-state index in [4.69, 9.17) is 0 Å². The van der Waals surface area contributed by atoms with E-state index in [0.717, 1.165) is 31.4 Å². The van der Waals surface area contributed by atoms with E-state index in [-0.39, 0.29) is 17.9 Å². The smallest absolute Gasteiger partial charge is 0.365 e. The number of nitrogens with zero attached hydrogens (tertiary/aromatic N) is 1. The third-order valence-electron chi connectivity index (χ3n) is 4.34. The van der Waals surface area contributed by atoms with Gasteiger partial charge in [0.2, 0.25) is 0 Å². The minimum atomic E-state index is -4.71. The summed E-state index contributed by atoms with van der Waals surface area (Å²) >= 11 is 0. The molecular formula is C15H15F4NO. The molecule has 2 heterocycles. The van der Waals surface area contributed by atoms with Gasteiger partial charge in [0, 0.05) is 30.6 Å². The molecule has 1 aromatic carbocycles. The van der Waals surface area contributed by atoms with E-state index in [1.807, 2.05) is 4.90 Å². The Bertz CT molecular complexity index is 553. The van der Waals surface area contributed by atoms with Gasteiger partial charge in [0.15, 0.2) is 0 Å². The summed E-state index contributed by atoms with van der Waals surface area (Å²) in [6.07, 6.45) is -1.40. The first-order chi connectivity index (χ1) is 9.86. The fourth-order valence-corrected chi connectivity index (χ4v) is 3.49. The highest BCUT2D eigenvalue weighted by molar-refractivity contribution is 5.82. The Kier molecular flexibility index (Phi) is 3.42. The summed E-state index contributed by atoms with van der Waals surface area (Å²) in [4.78, 5) is 13.6. The van der Waals surface area contributed by atoms with Gasteiger partial charge in [-0.15, -0.1) is 0 Å². The number of carbonyl (C=O) groups excluding carboxylic acids is 1. The fraction of sp³-hybridized carbons (Fsp3) is 0.533. The molecule has 2 saturated heterocycles. The van der Waals surface area contributed by atoms with Crippen LogP contribution >= 0.6 is 0 Å². The van der Waals surface area contributed by atoms with Crippen molar-refractivity contribution in [2.45, 2.75) is 50.4 Å². The molecule has 6 heteroatoms. The van der Waals surface area contributed by atoms with Crippen molar-refractivity contribution >= 4 is 11.5 Å². The molecule has 2 bridgehead atoms. The maximum Gasteiger partial charge on any atom is 0.419 e. The van der Waals surface area contributed by atoms with E-state index in [9.17, 15) is 22.4 Å². The van der Waals surface area contributed by atoms with Gasteiger partial charge in [0.1, 0.15) is 11.6 Å². The second kappa shape index (κ2) is 5.00. The zero-order valence-electron chi connectivity index (χ0n) is 11.3. The lowest BCUT2D eigenvalue weighted by atomic mass is 9.83. The second-order valence-corrected chi connectivity index (χ2v) is 5.75. The van der Waals surface area contributed by atoms with Crippen molar-refractivity contribution in [2.24, 2.45) is 0 Å². The van der Waals surface area contributed by atoms with Crippen LogP contribution in [0.25, 0.3) is 0 Å². The largest absolute Gasteiger partial charge is 0.419 e. The molecule has 3 rings (SSSR count). The van der Waals surface area contributed by atoms with Crippen molar-refractivity contribution in [3.63, 3.8) is 0 Å². The number of halogens is 4. The molecule has 0 aliphatic carbocycles. The minimum Gasteiger partial charge on any atom is -0.365 e. The third-order valence-corrected chi connectivity index (χ3v) is 4.34. The number of Topliss-reactive ketones (excluding diaryl/α,β-unsaturated/α-hetero) is 1. The standard InChI is InChI=1S/C15H15F4NO/c16-14-5-4-11(8-13(14)15(17,18)19)20-9-2-1-3-10(20)7-12(21)6-9/h4-5,8-10H,1-3,6-7H2. The molecule has 0 spiro atoms. The van der Waals surface area contributed by atoms with Gasteiger partial charge in [0.25, 0.3) is 0 Å². The molecule has 2 nitrogen and oxygen atoms in total. The Balaban J connectivity index is 1.99. The summed E-state index contributed by atoms with van der Waals surface area (Å²) in [5.74, 6) is -1.09. The lowest BCUT2D eigenvalue weighted by Crippen LogP contribution is -2.52. The molecule has 21 heavy (non-hydrogen) atoms. The summed E-state index contributed by atoms with van der Waals surface area (Å²) in [7, 11) is 0. The van der Waals surface area contributed by atoms with Crippen molar-refractivity contribution in [1.29, 1.82) is 0 Å². The van der Waals surface area contributed by atoms with Crippen molar-refractivity contribution in [2.75, 3.05) is 4.90 Å². The van der Waals surface area contributed by atoms with E-state index in [1.54, 1.807) is 0 Å². The average Bonchev–Trinajstić information content (AvgIpc) is 2.37. The summed E-state index contributed by atoms with van der Waals surface area (Å²) in [6, 6.07) is 3.00. The van der Waals surface area contributed by atoms with Gasteiger partial charge in [-0.3, -0.25) is 4.79 Å². The molecule has 114 valence electrons. The molecule has 2 aliphatic rings. The quantitative estimate of drug-likeness (QED) is 0.732. The van der Waals surface area contributed by atoms with Gasteiger partial charge in [-0.05, 0) is 37.5 Å². The van der Waals surface area contributed by atoms with Crippen LogP contribution in [0.15, 0.2) is 18.2 Å². The summed E-state index contributed by atoms with van der Waals surface area (Å²) in [5.41, 5.74) is -0.874. The summed E-state index contributed by atoms with van der Waals surface area (Å²) in [5, 5.41) is 0. The second-order valence-electron chi connectivity index (χ2n) is 5.75. The Hall–Kier alpha value is -1.59. The molecule has 2 atom stereocenters. The lowest BCUT2D eigenvalue weighted by molar-refractivity contribution is -0.140. The van der Waals surface area contributed by atoms with Crippen LogP contribution in [-0.4, -0.2) is 17.9 Å². The monoisotopic (exact) mass is 301 g/mol. The van der Waals surface area contributed by atoms with E-state index in [2.05, 4.69) is 0 Å². The van der Waals surface area contributed by atoms with Gasteiger partial charge in [-0.2, -0.15) is 13.2 Å². The highest BCUT2D eigenvalue weighted by Gasteiger charge is 2.39. The maximum atomic E-state index is 13.4. The predicted molar refractivity (Wildman–Crippen MR) is 69.5 cm³/mol. The molecule has 0 saturated carbocycles. The lowest BCUT2D eigenvalue weighted by Gasteiger charge is -2.47. The number of benzene rings is 1. The van der Waals surface area contributed by atoms with Crippen molar-refractivity contribution < 1.29 is 22.4 Å². The summed E-state index contributed by atoms with van der Waals surface area (Å²) in [6.45, 7) is 0. The Morgan fingerprint density at radius 1 is 1.10 bits per heavy atom. The van der Waals surface area contributed by atoms with Gasteiger partial charge in [0.05, 0.1) is 5.56 Å². The summed E-state index contributed by atoms with van der Waals surface area (Å²) < 4.78 is 51.9. The number of anilines is 1. The zero-order valence-corrected chi connectivity index (χ0v) is 11.3. The number of ketones is 1. The maximum absolute atomic E-state index is 13.4. The minimum absolute atomic E-state index is 0.0588. The Morgan fingerprint density at radius 3 is 2.29 bits per heavy atom. The molecule has 0 radical (unpaired) electrons. The van der Waals surface area contributed by atoms with E-state index >= 15 is 0 Å². The third kappa shape index (κ3) is 2.63. The first-order valence-corrected chi connectivity index (χ1v) is 7.03. The molecule has 1 aromatic rings. The van der Waals surface area contributed by atoms with Crippen LogP contribution < -0.4 is 4.90 Å². The zero-order chi connectivity index (χ0) is 15.2. The number of hydrogen-bond acceptors (Lipinski definition) is 2. The first-order valence-electron chi connectivity index (χ1n) is 7.03. The van der Waals surface area contributed by atoms with Crippen LogP contribution in [-0.2, 0) is 11.0 Å². The van der Waals surface area contributed by atoms with Gasteiger partial charge in [-0.1, -0.05) is 0 Å². The molecule has 0 amide bonds. The fourth-order valence-electron chi connectivity index (χ4n) is 3.49. The van der Waals surface area contributed by atoms with Crippen molar-refractivity contribution in [3.05, 3.63) is 29.6 Å². The van der Waals surface area contributed by atoms with Crippen LogP contribution in [0.2, 0.25) is 0 Å². The van der Waals surface area contributed by atoms with E-state index in [1.165, 1.54) is 6.07 Å². The molecule has 2 fully saturated rings. The molecule has 2 aliphatic heterocycles. The average molecular weight is 301 g/mol. The van der Waals surface area contributed by atoms with Gasteiger partial charge < -0.3 is 4.90 Å². The first kappa shape index (κ1) is 14.4. The van der Waals surface area contributed by atoms with Gasteiger partial charge >= 0.3 is 6.18 Å². The number of hydrogen-bond donors (Lipinski definition) is 0. The van der Waals surface area contributed by atoms with Gasteiger partial charge in [-0.25, -0.2) is 4.39 Å². The normalized spacial score (nSPS) is 26.1. The molecule has 0 aromatic heterocycles. The number of rotatable bonds is 1. The highest BCUT2D eigenvalue weighted by Crippen LogP contribution is 2.39. The molecule has 2 unspecified atom stereocenters. The van der Waals surface area contributed by atoms with Crippen LogP contribution in [0.1, 0.15) is 37.7 Å². The van der Waals surface area contributed by atoms with Crippen LogP contribution in [0.3, 0.4) is 0 Å². The Morgan fingerprint density at radius 2 is 1.71 bits per heavy atom. The van der Waals surface area contributed by atoms with Crippen molar-refractivity contribution in [1.82, 2.24) is 0 Å². The highest BCUT2D eigenvalue weighted by atomic mass is 19.4. The SMILES string of the molecule is O=C1CC2CCCC(C1)N2c1ccc(F)c(C(F)(F)F)c1. The van der Waals surface area contributed by atoms with Crippen LogP contribution in [0.5, 0.6) is 0 Å². The number of fused-ring (bicyclic) bond motifs is 2. The van der Waals surface area contributed by atoms with Crippen molar-refractivity contribution in [3.8, 4) is 0 Å². The van der Waals surface area contributed by atoms with E-state index in [0.29, 0.717) is 18.5 Å². The number of carbonyl (C=O) groups is 1. The Labute approximate surface area is 119 Å². The van der Waals surface area contributed by atoms with Crippen LogP contribution in [0.4, 0.5) is 23.2 Å². The predicted octanol–water partition coefficient (Wildman–Crippen LogP) is 3.93. The topological polar surface area (TPSA) is 20.3 Å². The van der Waals surface area contributed by atoms with E-state index < -0.39 is 17.6 Å². The molecular weight excluding hydrogens is 286 g/mol. The van der Waals surface area contributed by atoms with Crippen LogP contribution in [0, 0.1) is 5.82 Å². The number of piperidine rings is 2. The number of alkyl halides is 3. The molecule has 0 N–H and O–H groups in total.